The van der Waals surface area contributed by atoms with Crippen molar-refractivity contribution in [2.45, 2.75) is 13.3 Å². The molecule has 3 heteroatoms. The smallest absolute Gasteiger partial charge is 0.0866 e. The summed E-state index contributed by atoms with van der Waals surface area (Å²) in [6, 6.07) is 2.19. The van der Waals surface area contributed by atoms with Gasteiger partial charge in [-0.2, -0.15) is 5.26 Å². The maximum Gasteiger partial charge on any atom is 0.0866 e. The fourth-order valence-electron chi connectivity index (χ4n) is 1.63. The fourth-order valence-corrected chi connectivity index (χ4v) is 1.63. The number of nitrogens with zero attached hydrogens (tertiary/aromatic N) is 3. The third kappa shape index (κ3) is 3.49. The maximum atomic E-state index is 8.55. The van der Waals surface area contributed by atoms with Crippen LogP contribution in [0, 0.1) is 11.3 Å². The number of hydrogen-bond donors (Lipinski definition) is 0. The first-order chi connectivity index (χ1) is 6.76. The molecule has 0 unspecified atom stereocenters. The molecule has 0 bridgehead atoms. The Hall–Kier alpha value is -0.850. The molecule has 0 aromatic rings. The number of hydrogen-bond acceptors (Lipinski definition) is 3. The van der Waals surface area contributed by atoms with Crippen molar-refractivity contribution in [2.24, 2.45) is 0 Å². The molecule has 0 spiro atoms. The van der Waals surface area contributed by atoms with Gasteiger partial charge in [-0.15, -0.1) is 0 Å². The van der Waals surface area contributed by atoms with Gasteiger partial charge >= 0.3 is 0 Å². The van der Waals surface area contributed by atoms with Crippen molar-refractivity contribution in [3.8, 4) is 6.07 Å². The Morgan fingerprint density at radius 1 is 1.29 bits per heavy atom. The zero-order valence-electron chi connectivity index (χ0n) is 9.00. The van der Waals surface area contributed by atoms with Gasteiger partial charge in [-0.05, 0) is 6.42 Å². The van der Waals surface area contributed by atoms with E-state index in [0.29, 0.717) is 6.54 Å². The van der Waals surface area contributed by atoms with Crippen LogP contribution in [-0.4, -0.2) is 49.1 Å². The summed E-state index contributed by atoms with van der Waals surface area (Å²) in [6.45, 7) is 11.9. The minimum absolute atomic E-state index is 0.572. The van der Waals surface area contributed by atoms with E-state index in [-0.39, 0.29) is 0 Å². The molecule has 0 aromatic heterocycles. The monoisotopic (exact) mass is 193 g/mol. The molecule has 3 nitrogen and oxygen atoms in total. The van der Waals surface area contributed by atoms with E-state index in [4.69, 9.17) is 5.26 Å². The summed E-state index contributed by atoms with van der Waals surface area (Å²) >= 11 is 0. The van der Waals surface area contributed by atoms with Crippen molar-refractivity contribution in [3.05, 3.63) is 12.2 Å². The molecule has 0 atom stereocenters. The van der Waals surface area contributed by atoms with Crippen LogP contribution in [-0.2, 0) is 0 Å². The molecule has 78 valence electrons. The lowest BCUT2D eigenvalue weighted by Crippen LogP contribution is -2.46. The van der Waals surface area contributed by atoms with Gasteiger partial charge < -0.3 is 0 Å². The van der Waals surface area contributed by atoms with Gasteiger partial charge in [-0.3, -0.25) is 9.80 Å². The number of nitriles is 1. The van der Waals surface area contributed by atoms with Crippen LogP contribution in [0.2, 0.25) is 0 Å². The van der Waals surface area contributed by atoms with E-state index in [1.165, 1.54) is 5.57 Å². The highest BCUT2D eigenvalue weighted by molar-refractivity contribution is 4.97. The normalized spacial score (nSPS) is 19.1. The Bertz CT molecular complexity index is 221. The van der Waals surface area contributed by atoms with Gasteiger partial charge in [0.2, 0.25) is 0 Å². The van der Waals surface area contributed by atoms with Gasteiger partial charge in [0.1, 0.15) is 0 Å². The van der Waals surface area contributed by atoms with Gasteiger partial charge in [-0.1, -0.05) is 19.1 Å². The molecule has 1 fully saturated rings. The SMILES string of the molecule is C=C(CC)CN1CCN(CC#N)CC1. The van der Waals surface area contributed by atoms with Gasteiger partial charge in [0.25, 0.3) is 0 Å². The molecule has 0 amide bonds. The van der Waals surface area contributed by atoms with E-state index >= 15 is 0 Å². The summed E-state index contributed by atoms with van der Waals surface area (Å²) in [5, 5.41) is 8.55. The highest BCUT2D eigenvalue weighted by atomic mass is 15.3. The van der Waals surface area contributed by atoms with Crippen LogP contribution < -0.4 is 0 Å². The lowest BCUT2D eigenvalue weighted by molar-refractivity contribution is 0.152. The van der Waals surface area contributed by atoms with Crippen LogP contribution in [0.4, 0.5) is 0 Å². The molecule has 0 aromatic carbocycles. The Morgan fingerprint density at radius 2 is 1.86 bits per heavy atom. The van der Waals surface area contributed by atoms with E-state index < -0.39 is 0 Å². The molecular formula is C11H19N3. The second-order valence-electron chi connectivity index (χ2n) is 3.81. The first-order valence-corrected chi connectivity index (χ1v) is 5.24. The second-order valence-corrected chi connectivity index (χ2v) is 3.81. The van der Waals surface area contributed by atoms with Crippen LogP contribution >= 0.6 is 0 Å². The third-order valence-corrected chi connectivity index (χ3v) is 2.71. The zero-order chi connectivity index (χ0) is 10.4. The molecular weight excluding hydrogens is 174 g/mol. The Kier molecular flexibility index (Phi) is 4.64. The summed E-state index contributed by atoms with van der Waals surface area (Å²) in [7, 11) is 0. The number of rotatable bonds is 4. The highest BCUT2D eigenvalue weighted by Gasteiger charge is 2.15. The minimum atomic E-state index is 0.572. The molecule has 14 heavy (non-hydrogen) atoms. The molecule has 1 aliphatic rings. The van der Waals surface area contributed by atoms with Crippen molar-refractivity contribution in [1.29, 1.82) is 5.26 Å². The van der Waals surface area contributed by atoms with Crippen LogP contribution in [0.15, 0.2) is 12.2 Å². The largest absolute Gasteiger partial charge is 0.297 e. The van der Waals surface area contributed by atoms with Crippen LogP contribution in [0.1, 0.15) is 13.3 Å². The summed E-state index contributed by atoms with van der Waals surface area (Å²) < 4.78 is 0. The number of piperazine rings is 1. The van der Waals surface area contributed by atoms with Crippen molar-refractivity contribution in [1.82, 2.24) is 9.80 Å². The predicted molar refractivity (Wildman–Crippen MR) is 57.9 cm³/mol. The van der Waals surface area contributed by atoms with Crippen molar-refractivity contribution in [3.63, 3.8) is 0 Å². The van der Waals surface area contributed by atoms with E-state index in [2.05, 4.69) is 29.4 Å². The first kappa shape index (κ1) is 11.2. The van der Waals surface area contributed by atoms with Gasteiger partial charge in [0.05, 0.1) is 12.6 Å². The first-order valence-electron chi connectivity index (χ1n) is 5.24. The Morgan fingerprint density at radius 3 is 2.36 bits per heavy atom. The Balaban J connectivity index is 2.22. The third-order valence-electron chi connectivity index (χ3n) is 2.71. The molecule has 0 saturated carbocycles. The average Bonchev–Trinajstić information content (AvgIpc) is 2.21. The molecule has 1 heterocycles. The lowest BCUT2D eigenvalue weighted by Gasteiger charge is -2.33. The quantitative estimate of drug-likeness (QED) is 0.494. The lowest BCUT2D eigenvalue weighted by atomic mass is 10.2. The van der Waals surface area contributed by atoms with Crippen molar-refractivity contribution < 1.29 is 0 Å². The fraction of sp³-hybridized carbons (Fsp3) is 0.727. The van der Waals surface area contributed by atoms with Gasteiger partial charge in [0, 0.05) is 32.7 Å². The van der Waals surface area contributed by atoms with Crippen LogP contribution in [0.3, 0.4) is 0 Å². The van der Waals surface area contributed by atoms with Crippen molar-refractivity contribution >= 4 is 0 Å². The molecule has 1 saturated heterocycles. The van der Waals surface area contributed by atoms with Gasteiger partial charge in [-0.25, -0.2) is 0 Å². The van der Waals surface area contributed by atoms with E-state index in [1.807, 2.05) is 0 Å². The van der Waals surface area contributed by atoms with E-state index in [9.17, 15) is 0 Å². The van der Waals surface area contributed by atoms with E-state index in [1.54, 1.807) is 0 Å². The standard InChI is InChI=1S/C11H19N3/c1-3-11(2)10-14-8-6-13(5-4-12)7-9-14/h2-3,5-10H2,1H3. The summed E-state index contributed by atoms with van der Waals surface area (Å²) in [5.74, 6) is 0. The topological polar surface area (TPSA) is 30.3 Å². The average molecular weight is 193 g/mol. The molecule has 0 radical (unpaired) electrons. The second kappa shape index (κ2) is 5.79. The molecule has 1 rings (SSSR count). The minimum Gasteiger partial charge on any atom is -0.297 e. The molecule has 0 aliphatic carbocycles. The predicted octanol–water partition coefficient (Wildman–Crippen LogP) is 1.09. The molecule has 1 aliphatic heterocycles. The highest BCUT2D eigenvalue weighted by Crippen LogP contribution is 2.05. The maximum absolute atomic E-state index is 8.55. The summed E-state index contributed by atoms with van der Waals surface area (Å²) in [6.07, 6.45) is 1.07. The van der Waals surface area contributed by atoms with Crippen LogP contribution in [0.25, 0.3) is 0 Å². The summed E-state index contributed by atoms with van der Waals surface area (Å²) in [5.41, 5.74) is 1.30. The summed E-state index contributed by atoms with van der Waals surface area (Å²) in [4.78, 5) is 4.62. The Labute approximate surface area is 86.6 Å². The van der Waals surface area contributed by atoms with Crippen LogP contribution in [0.5, 0.6) is 0 Å². The van der Waals surface area contributed by atoms with Gasteiger partial charge in [0.15, 0.2) is 0 Å². The van der Waals surface area contributed by atoms with Crippen molar-refractivity contribution in [2.75, 3.05) is 39.3 Å². The molecule has 0 N–H and O–H groups in total. The zero-order valence-corrected chi connectivity index (χ0v) is 9.00. The van der Waals surface area contributed by atoms with E-state index in [0.717, 1.165) is 39.1 Å².